The van der Waals surface area contributed by atoms with E-state index < -0.39 is 0 Å². The zero-order valence-electron chi connectivity index (χ0n) is 17.9. The molecule has 2 heterocycles. The van der Waals surface area contributed by atoms with Crippen LogP contribution in [0.15, 0.2) is 63.7 Å². The summed E-state index contributed by atoms with van der Waals surface area (Å²) in [7, 11) is 0. The highest BCUT2D eigenvalue weighted by atomic mass is 32.2. The summed E-state index contributed by atoms with van der Waals surface area (Å²) in [5.41, 5.74) is 3.29. The molecule has 0 saturated heterocycles. The summed E-state index contributed by atoms with van der Waals surface area (Å²) in [5, 5.41) is 21.3. The van der Waals surface area contributed by atoms with Crippen LogP contribution in [0.4, 0.5) is 11.4 Å². The fraction of sp³-hybridized carbons (Fsp3) is 0.250. The lowest BCUT2D eigenvalue weighted by atomic mass is 9.79. The molecule has 1 aliphatic carbocycles. The van der Waals surface area contributed by atoms with E-state index in [9.17, 15) is 19.6 Å². The van der Waals surface area contributed by atoms with Gasteiger partial charge in [-0.3, -0.25) is 14.4 Å². The molecule has 1 aromatic heterocycles. The van der Waals surface area contributed by atoms with Crippen LogP contribution in [0.3, 0.4) is 0 Å². The van der Waals surface area contributed by atoms with E-state index in [0.29, 0.717) is 34.0 Å². The van der Waals surface area contributed by atoms with Crippen LogP contribution in [0.1, 0.15) is 37.0 Å². The number of ketones is 1. The highest BCUT2D eigenvalue weighted by molar-refractivity contribution is 8.03. The van der Waals surface area contributed by atoms with Gasteiger partial charge in [0.25, 0.3) is 0 Å². The third kappa shape index (κ3) is 5.18. The maximum Gasteiger partial charge on any atom is 0.234 e. The molecule has 168 valence electrons. The predicted octanol–water partition coefficient (Wildman–Crippen LogP) is 4.51. The Morgan fingerprint density at radius 1 is 1.18 bits per heavy atom. The highest BCUT2D eigenvalue weighted by Crippen LogP contribution is 2.45. The monoisotopic (exact) mass is 478 g/mol. The Balaban J connectivity index is 1.49. The smallest absolute Gasteiger partial charge is 0.234 e. The standard InChI is InChI=1S/C24H22N4O3S2/c1-14(29)26-15-7-9-16(10-8-15)27-21(31)13-33-24-17(12-25)22(20-6-3-11-32-20)23-18(28-24)4-2-5-19(23)30/h3,6-11,22,28H,2,4-5,13H2,1H3,(H,26,29)(H,27,31)/t22-/m0/s1. The van der Waals surface area contributed by atoms with E-state index >= 15 is 0 Å². The highest BCUT2D eigenvalue weighted by Gasteiger charge is 2.37. The number of carbonyl (C=O) groups excluding carboxylic acids is 3. The van der Waals surface area contributed by atoms with Gasteiger partial charge in [-0.2, -0.15) is 5.26 Å². The summed E-state index contributed by atoms with van der Waals surface area (Å²) >= 11 is 2.79. The number of amides is 2. The van der Waals surface area contributed by atoms with Gasteiger partial charge in [-0.1, -0.05) is 17.8 Å². The molecule has 0 radical (unpaired) electrons. The van der Waals surface area contributed by atoms with Gasteiger partial charge in [-0.25, -0.2) is 0 Å². The number of hydrogen-bond donors (Lipinski definition) is 3. The fourth-order valence-corrected chi connectivity index (χ4v) is 5.66. The van der Waals surface area contributed by atoms with Crippen LogP contribution in [0, 0.1) is 11.3 Å². The molecule has 4 rings (SSSR count). The van der Waals surface area contributed by atoms with E-state index in [0.717, 1.165) is 23.4 Å². The van der Waals surface area contributed by atoms with Gasteiger partial charge in [-0.05, 0) is 48.6 Å². The van der Waals surface area contributed by atoms with Crippen LogP contribution in [-0.4, -0.2) is 23.4 Å². The Kier molecular flexibility index (Phi) is 6.96. The summed E-state index contributed by atoms with van der Waals surface area (Å²) in [6.07, 6.45) is 2.02. The largest absolute Gasteiger partial charge is 0.352 e. The Morgan fingerprint density at radius 2 is 1.91 bits per heavy atom. The molecule has 2 aliphatic rings. The SMILES string of the molecule is CC(=O)Nc1ccc(NC(=O)CSC2=C(C#N)[C@@H](c3cccs3)C3=C(CCCC3=O)N2)cc1. The van der Waals surface area contributed by atoms with Gasteiger partial charge in [0.05, 0.1) is 28.3 Å². The first kappa shape index (κ1) is 22.8. The number of nitriles is 1. The number of dihydropyridines is 1. The van der Waals surface area contributed by atoms with E-state index in [2.05, 4.69) is 22.0 Å². The summed E-state index contributed by atoms with van der Waals surface area (Å²) < 4.78 is 0. The summed E-state index contributed by atoms with van der Waals surface area (Å²) in [6, 6.07) is 13.0. The number of benzene rings is 1. The second-order valence-corrected chi connectivity index (χ2v) is 9.66. The molecule has 1 atom stereocenters. The number of Topliss-reactive ketones (excluding diaryl/α,β-unsaturated/α-hetero) is 1. The summed E-state index contributed by atoms with van der Waals surface area (Å²) in [6.45, 7) is 1.43. The van der Waals surface area contributed by atoms with Crippen molar-refractivity contribution in [3.63, 3.8) is 0 Å². The number of rotatable bonds is 6. The van der Waals surface area contributed by atoms with Crippen LogP contribution in [0.5, 0.6) is 0 Å². The van der Waals surface area contributed by atoms with Crippen molar-refractivity contribution < 1.29 is 14.4 Å². The minimum Gasteiger partial charge on any atom is -0.352 e. The predicted molar refractivity (Wildman–Crippen MR) is 131 cm³/mol. The molecule has 1 aliphatic heterocycles. The Labute approximate surface area is 199 Å². The Bertz CT molecular complexity index is 1190. The molecule has 3 N–H and O–H groups in total. The molecule has 0 fully saturated rings. The van der Waals surface area contributed by atoms with Gasteiger partial charge >= 0.3 is 0 Å². The number of thioether (sulfide) groups is 1. The van der Waals surface area contributed by atoms with Crippen molar-refractivity contribution in [3.05, 3.63) is 68.5 Å². The van der Waals surface area contributed by atoms with Crippen LogP contribution in [0.25, 0.3) is 0 Å². The van der Waals surface area contributed by atoms with Gasteiger partial charge in [0.2, 0.25) is 11.8 Å². The number of thiophene rings is 1. The number of nitrogens with zero attached hydrogens (tertiary/aromatic N) is 1. The molecule has 33 heavy (non-hydrogen) atoms. The number of nitrogens with one attached hydrogen (secondary N) is 3. The molecule has 7 nitrogen and oxygen atoms in total. The first-order chi connectivity index (χ1) is 16.0. The van der Waals surface area contributed by atoms with E-state index in [1.807, 2.05) is 17.5 Å². The van der Waals surface area contributed by atoms with Crippen LogP contribution in [0.2, 0.25) is 0 Å². The molecule has 9 heteroatoms. The van der Waals surface area contributed by atoms with Crippen molar-refractivity contribution in [2.75, 3.05) is 16.4 Å². The molecule has 1 aromatic carbocycles. The zero-order valence-corrected chi connectivity index (χ0v) is 19.6. The fourth-order valence-electron chi connectivity index (χ4n) is 3.95. The Morgan fingerprint density at radius 3 is 2.55 bits per heavy atom. The van der Waals surface area contributed by atoms with E-state index in [1.165, 1.54) is 30.0 Å². The minimum atomic E-state index is -0.383. The maximum absolute atomic E-state index is 12.7. The molecule has 2 aromatic rings. The average Bonchev–Trinajstić information content (AvgIpc) is 3.32. The lowest BCUT2D eigenvalue weighted by Gasteiger charge is -2.32. The van der Waals surface area contributed by atoms with Crippen molar-refractivity contribution >= 4 is 52.1 Å². The first-order valence-electron chi connectivity index (χ1n) is 10.5. The van der Waals surface area contributed by atoms with E-state index in [4.69, 9.17) is 0 Å². The topological polar surface area (TPSA) is 111 Å². The van der Waals surface area contributed by atoms with Crippen LogP contribution < -0.4 is 16.0 Å². The molecular weight excluding hydrogens is 456 g/mol. The van der Waals surface area contributed by atoms with Crippen molar-refractivity contribution in [1.82, 2.24) is 5.32 Å². The van der Waals surface area contributed by atoms with Crippen molar-refractivity contribution in [2.24, 2.45) is 0 Å². The molecule has 0 unspecified atom stereocenters. The summed E-state index contributed by atoms with van der Waals surface area (Å²) in [5.74, 6) is -0.575. The third-order valence-electron chi connectivity index (χ3n) is 5.33. The second-order valence-electron chi connectivity index (χ2n) is 7.69. The Hall–Kier alpha value is -3.35. The summed E-state index contributed by atoms with van der Waals surface area (Å²) in [4.78, 5) is 37.4. The third-order valence-corrected chi connectivity index (χ3v) is 7.28. The van der Waals surface area contributed by atoms with E-state index in [1.54, 1.807) is 24.3 Å². The lowest BCUT2D eigenvalue weighted by Crippen LogP contribution is -2.31. The van der Waals surface area contributed by atoms with Gasteiger partial charge < -0.3 is 16.0 Å². The quantitative estimate of drug-likeness (QED) is 0.563. The number of carbonyl (C=O) groups is 3. The van der Waals surface area contributed by atoms with Gasteiger partial charge in [0.15, 0.2) is 5.78 Å². The second kappa shape index (κ2) is 10.1. The van der Waals surface area contributed by atoms with Crippen LogP contribution >= 0.6 is 23.1 Å². The molecule has 2 amide bonds. The molecular formula is C24H22N4O3S2. The number of anilines is 2. The van der Waals surface area contributed by atoms with Crippen LogP contribution in [-0.2, 0) is 14.4 Å². The number of allylic oxidation sites excluding steroid dienone is 3. The zero-order chi connectivity index (χ0) is 23.4. The van der Waals surface area contributed by atoms with Gasteiger partial charge in [0.1, 0.15) is 0 Å². The first-order valence-corrected chi connectivity index (χ1v) is 12.3. The van der Waals surface area contributed by atoms with Gasteiger partial charge in [0, 0.05) is 40.9 Å². The van der Waals surface area contributed by atoms with Crippen molar-refractivity contribution in [2.45, 2.75) is 32.1 Å². The molecule has 0 spiro atoms. The van der Waals surface area contributed by atoms with Crippen molar-refractivity contribution in [3.8, 4) is 6.07 Å². The van der Waals surface area contributed by atoms with Gasteiger partial charge in [-0.15, -0.1) is 11.3 Å². The average molecular weight is 479 g/mol. The number of hydrogen-bond acceptors (Lipinski definition) is 7. The minimum absolute atomic E-state index is 0.0828. The normalized spacial score (nSPS) is 17.7. The van der Waals surface area contributed by atoms with E-state index in [-0.39, 0.29) is 29.3 Å². The molecule has 0 saturated carbocycles. The molecule has 0 bridgehead atoms. The van der Waals surface area contributed by atoms with Crippen molar-refractivity contribution in [1.29, 1.82) is 5.26 Å². The lowest BCUT2D eigenvalue weighted by molar-refractivity contribution is -0.116. The maximum atomic E-state index is 12.7.